The van der Waals surface area contributed by atoms with E-state index in [1.807, 2.05) is 0 Å². The number of hydrogen-bond acceptors (Lipinski definition) is 4. The highest BCUT2D eigenvalue weighted by molar-refractivity contribution is 5.78. The topological polar surface area (TPSA) is 53.6 Å². The van der Waals surface area contributed by atoms with Gasteiger partial charge in [-0.25, -0.2) is 0 Å². The SMILES string of the molecule is O=C1CC2(CCN(C3CCOCC3)CC2)Nc2ccccc2CCN1. The Morgan fingerprint density at radius 3 is 2.68 bits per heavy atom. The number of ether oxygens (including phenoxy) is 1. The van der Waals surface area contributed by atoms with Crippen molar-refractivity contribution < 1.29 is 9.53 Å². The second-order valence-corrected chi connectivity index (χ2v) is 7.72. The summed E-state index contributed by atoms with van der Waals surface area (Å²) in [5.74, 6) is 0.180. The van der Waals surface area contributed by atoms with Crippen LogP contribution in [0.2, 0.25) is 0 Å². The maximum atomic E-state index is 12.4. The first kappa shape index (κ1) is 16.9. The third kappa shape index (κ3) is 3.82. The van der Waals surface area contributed by atoms with E-state index in [4.69, 9.17) is 4.74 Å². The van der Waals surface area contributed by atoms with Crippen LogP contribution in [0.3, 0.4) is 0 Å². The number of amides is 1. The van der Waals surface area contributed by atoms with Gasteiger partial charge in [0.2, 0.25) is 5.91 Å². The van der Waals surface area contributed by atoms with E-state index < -0.39 is 0 Å². The molecule has 1 aromatic carbocycles. The van der Waals surface area contributed by atoms with Crippen LogP contribution in [-0.4, -0.2) is 55.2 Å². The van der Waals surface area contributed by atoms with Crippen molar-refractivity contribution in [2.24, 2.45) is 0 Å². The lowest BCUT2D eigenvalue weighted by Gasteiger charge is -2.46. The number of hydrogen-bond donors (Lipinski definition) is 2. The predicted octanol–water partition coefficient (Wildman–Crippen LogP) is 2.17. The molecular formula is C20H29N3O2. The van der Waals surface area contributed by atoms with Gasteiger partial charge in [0.05, 0.1) is 0 Å². The Hall–Kier alpha value is -1.59. The van der Waals surface area contributed by atoms with Crippen molar-refractivity contribution in [1.82, 2.24) is 10.2 Å². The van der Waals surface area contributed by atoms with Crippen LogP contribution < -0.4 is 10.6 Å². The van der Waals surface area contributed by atoms with Gasteiger partial charge in [-0.2, -0.15) is 0 Å². The lowest BCUT2D eigenvalue weighted by Crippen LogP contribution is -2.54. The highest BCUT2D eigenvalue weighted by atomic mass is 16.5. The molecule has 3 aliphatic rings. The smallest absolute Gasteiger partial charge is 0.222 e. The van der Waals surface area contributed by atoms with E-state index >= 15 is 0 Å². The third-order valence-electron chi connectivity index (χ3n) is 6.10. The standard InChI is InChI=1S/C20H29N3O2/c24-19-15-20(22-18-4-2-1-3-16(18)5-10-21-19)8-11-23(12-9-20)17-6-13-25-14-7-17/h1-4,17,22H,5-15H2,(H,21,24). The molecule has 136 valence electrons. The maximum absolute atomic E-state index is 12.4. The maximum Gasteiger partial charge on any atom is 0.222 e. The van der Waals surface area contributed by atoms with Crippen LogP contribution >= 0.6 is 0 Å². The Morgan fingerprint density at radius 2 is 1.88 bits per heavy atom. The molecule has 0 radical (unpaired) electrons. The molecule has 3 aliphatic heterocycles. The Balaban J connectivity index is 1.50. The molecule has 0 unspecified atom stereocenters. The zero-order chi connectivity index (χ0) is 17.1. The number of carbonyl (C=O) groups excluding carboxylic acids is 1. The molecule has 0 aliphatic carbocycles. The quantitative estimate of drug-likeness (QED) is 0.821. The molecule has 1 aromatic rings. The first-order chi connectivity index (χ1) is 12.2. The molecule has 1 spiro atoms. The molecule has 1 amide bonds. The summed E-state index contributed by atoms with van der Waals surface area (Å²) in [7, 11) is 0. The number of piperidine rings is 1. The van der Waals surface area contributed by atoms with Crippen LogP contribution in [0.5, 0.6) is 0 Å². The summed E-state index contributed by atoms with van der Waals surface area (Å²) in [4.78, 5) is 15.0. The molecule has 2 fully saturated rings. The van der Waals surface area contributed by atoms with Crippen molar-refractivity contribution in [3.05, 3.63) is 29.8 Å². The zero-order valence-corrected chi connectivity index (χ0v) is 14.9. The summed E-state index contributed by atoms with van der Waals surface area (Å²) in [6.07, 6.45) is 5.79. The van der Waals surface area contributed by atoms with Crippen molar-refractivity contribution in [2.75, 3.05) is 38.2 Å². The zero-order valence-electron chi connectivity index (χ0n) is 14.9. The number of likely N-dealkylation sites (tertiary alicyclic amines) is 1. The number of para-hydroxylation sites is 1. The summed E-state index contributed by atoms with van der Waals surface area (Å²) < 4.78 is 5.51. The molecule has 2 N–H and O–H groups in total. The summed E-state index contributed by atoms with van der Waals surface area (Å²) in [6.45, 7) is 4.63. The normalized spacial score (nSPS) is 25.2. The lowest BCUT2D eigenvalue weighted by atomic mass is 9.82. The highest BCUT2D eigenvalue weighted by Crippen LogP contribution is 2.34. The van der Waals surface area contributed by atoms with E-state index in [1.165, 1.54) is 11.3 Å². The minimum absolute atomic E-state index is 0.119. The van der Waals surface area contributed by atoms with Gasteiger partial charge in [-0.15, -0.1) is 0 Å². The van der Waals surface area contributed by atoms with Gasteiger partial charge < -0.3 is 20.3 Å². The molecule has 0 bridgehead atoms. The first-order valence-corrected chi connectivity index (χ1v) is 9.69. The summed E-state index contributed by atoms with van der Waals surface area (Å²) >= 11 is 0. The highest BCUT2D eigenvalue weighted by Gasteiger charge is 2.39. The van der Waals surface area contributed by atoms with Crippen molar-refractivity contribution in [3.63, 3.8) is 0 Å². The number of nitrogens with zero attached hydrogens (tertiary/aromatic N) is 1. The van der Waals surface area contributed by atoms with Crippen molar-refractivity contribution in [3.8, 4) is 0 Å². The fourth-order valence-corrected chi connectivity index (χ4v) is 4.57. The fourth-order valence-electron chi connectivity index (χ4n) is 4.57. The average molecular weight is 343 g/mol. The monoisotopic (exact) mass is 343 g/mol. The van der Waals surface area contributed by atoms with Crippen molar-refractivity contribution in [1.29, 1.82) is 0 Å². The second-order valence-electron chi connectivity index (χ2n) is 7.72. The fraction of sp³-hybridized carbons (Fsp3) is 0.650. The summed E-state index contributed by atoms with van der Waals surface area (Å²) in [5.41, 5.74) is 2.39. The number of anilines is 1. The average Bonchev–Trinajstić information content (AvgIpc) is 2.70. The van der Waals surface area contributed by atoms with Crippen LogP contribution in [-0.2, 0) is 16.0 Å². The van der Waals surface area contributed by atoms with Crippen LogP contribution in [0.1, 0.15) is 37.7 Å². The number of nitrogens with one attached hydrogen (secondary N) is 2. The number of rotatable bonds is 1. The number of fused-ring (bicyclic) bond motifs is 1. The Kier molecular flexibility index (Phi) is 4.95. The Labute approximate surface area is 150 Å². The van der Waals surface area contributed by atoms with Gasteiger partial charge in [0.1, 0.15) is 0 Å². The summed E-state index contributed by atoms with van der Waals surface area (Å²) in [5, 5.41) is 6.90. The number of carbonyl (C=O) groups is 1. The van der Waals surface area contributed by atoms with Crippen LogP contribution in [0, 0.1) is 0 Å². The van der Waals surface area contributed by atoms with Crippen LogP contribution in [0.25, 0.3) is 0 Å². The first-order valence-electron chi connectivity index (χ1n) is 9.69. The molecule has 4 rings (SSSR count). The predicted molar refractivity (Wildman–Crippen MR) is 98.8 cm³/mol. The van der Waals surface area contributed by atoms with Crippen molar-refractivity contribution in [2.45, 2.75) is 50.1 Å². The molecule has 2 saturated heterocycles. The molecule has 0 aromatic heterocycles. The van der Waals surface area contributed by atoms with Crippen LogP contribution in [0.4, 0.5) is 5.69 Å². The van der Waals surface area contributed by atoms with Crippen molar-refractivity contribution >= 4 is 11.6 Å². The van der Waals surface area contributed by atoms with Crippen LogP contribution in [0.15, 0.2) is 24.3 Å². The third-order valence-corrected chi connectivity index (χ3v) is 6.10. The van der Waals surface area contributed by atoms with Gasteiger partial charge in [-0.3, -0.25) is 4.79 Å². The van der Waals surface area contributed by atoms with Gasteiger partial charge in [-0.1, -0.05) is 18.2 Å². The van der Waals surface area contributed by atoms with Gasteiger partial charge >= 0.3 is 0 Å². The minimum Gasteiger partial charge on any atom is -0.381 e. The van der Waals surface area contributed by atoms with E-state index in [2.05, 4.69) is 39.8 Å². The number of benzene rings is 1. The molecule has 5 heteroatoms. The van der Waals surface area contributed by atoms with E-state index in [-0.39, 0.29) is 11.4 Å². The van der Waals surface area contributed by atoms with Gasteiger partial charge in [0, 0.05) is 56.5 Å². The Morgan fingerprint density at radius 1 is 1.12 bits per heavy atom. The second kappa shape index (κ2) is 7.34. The lowest BCUT2D eigenvalue weighted by molar-refractivity contribution is -0.122. The largest absolute Gasteiger partial charge is 0.381 e. The molecular weight excluding hydrogens is 314 g/mol. The molecule has 25 heavy (non-hydrogen) atoms. The minimum atomic E-state index is -0.119. The molecule has 0 atom stereocenters. The Bertz CT molecular complexity index is 605. The molecule has 5 nitrogen and oxygen atoms in total. The van der Waals surface area contributed by atoms with E-state index in [1.54, 1.807) is 0 Å². The van der Waals surface area contributed by atoms with Gasteiger partial charge in [0.15, 0.2) is 0 Å². The van der Waals surface area contributed by atoms with E-state index in [0.29, 0.717) is 12.5 Å². The van der Waals surface area contributed by atoms with E-state index in [9.17, 15) is 4.79 Å². The van der Waals surface area contributed by atoms with Gasteiger partial charge in [-0.05, 0) is 43.7 Å². The summed E-state index contributed by atoms with van der Waals surface area (Å²) in [6, 6.07) is 9.16. The van der Waals surface area contributed by atoms with Gasteiger partial charge in [0.25, 0.3) is 0 Å². The molecule has 0 saturated carbocycles. The van der Waals surface area contributed by atoms with E-state index in [0.717, 1.165) is 65.0 Å². The molecule has 3 heterocycles.